The van der Waals surface area contributed by atoms with Crippen molar-refractivity contribution < 1.29 is 9.59 Å². The van der Waals surface area contributed by atoms with Gasteiger partial charge in [-0.3, -0.25) is 9.59 Å². The second-order valence-electron chi connectivity index (χ2n) is 11.4. The van der Waals surface area contributed by atoms with E-state index in [1.165, 1.54) is 0 Å². The molecule has 2 aromatic heterocycles. The van der Waals surface area contributed by atoms with Gasteiger partial charge in [0.2, 0.25) is 11.6 Å². The number of hydrogen-bond donors (Lipinski definition) is 2. The van der Waals surface area contributed by atoms with Crippen LogP contribution in [-0.4, -0.2) is 21.5 Å². The maximum Gasteiger partial charge on any atom is 0.207 e. The van der Waals surface area contributed by atoms with Crippen LogP contribution < -0.4 is 0 Å². The smallest absolute Gasteiger partial charge is 0.207 e. The van der Waals surface area contributed by atoms with Gasteiger partial charge in [-0.15, -0.1) is 0 Å². The van der Waals surface area contributed by atoms with Crippen LogP contribution in [0.1, 0.15) is 63.9 Å². The van der Waals surface area contributed by atoms with Crippen LogP contribution in [0.25, 0.3) is 33.0 Å². The summed E-state index contributed by atoms with van der Waals surface area (Å²) in [5.41, 5.74) is 4.74. The lowest BCUT2D eigenvalue weighted by atomic mass is 9.81. The van der Waals surface area contributed by atoms with E-state index in [1.54, 1.807) is 6.20 Å². The van der Waals surface area contributed by atoms with Crippen LogP contribution in [0, 0.1) is 0 Å². The molecule has 6 heteroatoms. The fourth-order valence-corrected chi connectivity index (χ4v) is 5.62. The third-order valence-corrected chi connectivity index (χ3v) is 7.51. The summed E-state index contributed by atoms with van der Waals surface area (Å²) >= 11 is 13.5. The molecule has 36 heavy (non-hydrogen) atoms. The number of aromatic amines is 2. The first-order valence-corrected chi connectivity index (χ1v) is 12.7. The molecule has 0 saturated carbocycles. The van der Waals surface area contributed by atoms with E-state index >= 15 is 0 Å². The second kappa shape index (κ2) is 8.22. The number of ketones is 2. The zero-order chi connectivity index (χ0) is 26.2. The molecule has 0 atom stereocenters. The number of Topliss-reactive ketones (excluding diaryl/α,β-unsaturated/α-hetero) is 2. The van der Waals surface area contributed by atoms with Gasteiger partial charge in [0.05, 0.1) is 11.1 Å². The van der Waals surface area contributed by atoms with Gasteiger partial charge in [-0.25, -0.2) is 0 Å². The lowest BCUT2D eigenvalue weighted by molar-refractivity contribution is -0.113. The first kappa shape index (κ1) is 24.6. The summed E-state index contributed by atoms with van der Waals surface area (Å²) in [5.74, 6) is -0.906. The lowest BCUT2D eigenvalue weighted by Crippen LogP contribution is -2.21. The fourth-order valence-electron chi connectivity index (χ4n) is 5.06. The van der Waals surface area contributed by atoms with Gasteiger partial charge in [-0.2, -0.15) is 0 Å². The Morgan fingerprint density at radius 2 is 1.33 bits per heavy atom. The van der Waals surface area contributed by atoms with Crippen molar-refractivity contribution in [1.29, 1.82) is 0 Å². The molecule has 1 aliphatic rings. The van der Waals surface area contributed by atoms with Gasteiger partial charge in [0.15, 0.2) is 0 Å². The minimum atomic E-state index is -0.455. The number of benzene rings is 2. The summed E-state index contributed by atoms with van der Waals surface area (Å²) in [6.45, 7) is 12.5. The molecule has 4 nitrogen and oxygen atoms in total. The van der Waals surface area contributed by atoms with Crippen LogP contribution in [0.5, 0.6) is 0 Å². The molecular weight excluding hydrogens is 491 g/mol. The number of hydrogen-bond acceptors (Lipinski definition) is 2. The highest BCUT2D eigenvalue weighted by molar-refractivity contribution is 6.68. The van der Waals surface area contributed by atoms with Crippen molar-refractivity contribution in [1.82, 2.24) is 9.97 Å². The Morgan fingerprint density at radius 3 is 2.00 bits per heavy atom. The van der Waals surface area contributed by atoms with Crippen molar-refractivity contribution >= 4 is 67.7 Å². The number of H-pyrrole nitrogens is 2. The highest BCUT2D eigenvalue weighted by Gasteiger charge is 2.39. The van der Waals surface area contributed by atoms with Gasteiger partial charge >= 0.3 is 0 Å². The van der Waals surface area contributed by atoms with Crippen LogP contribution in [-0.2, 0) is 20.4 Å². The summed E-state index contributed by atoms with van der Waals surface area (Å²) in [7, 11) is 0. The molecule has 0 radical (unpaired) electrons. The van der Waals surface area contributed by atoms with E-state index in [4.69, 9.17) is 23.2 Å². The molecule has 0 spiro atoms. The number of carbonyl (C=O) groups excluding carboxylic acids is 2. The van der Waals surface area contributed by atoms with Crippen molar-refractivity contribution in [3.63, 3.8) is 0 Å². The average molecular weight is 519 g/mol. The van der Waals surface area contributed by atoms with Crippen molar-refractivity contribution in [2.75, 3.05) is 0 Å². The van der Waals surface area contributed by atoms with Crippen LogP contribution >= 0.6 is 23.2 Å². The Hall–Kier alpha value is -3.08. The standard InChI is InChI=1S/C30H28Cl2N2O2/c1-29(2,3)18-12-9-11-15-17(14-33-25(15)18)21-23(31)27(36)22(24(32)26(21)35)20-16-10-7-8-13-19(16)34-28(20)30(4,5)6/h7-14,33-34H,1-6H3. The molecule has 0 saturated heterocycles. The molecule has 2 N–H and O–H groups in total. The molecule has 2 aromatic carbocycles. The Balaban J connectivity index is 1.74. The number of rotatable bonds is 2. The summed E-state index contributed by atoms with van der Waals surface area (Å²) < 4.78 is 0. The molecule has 0 aliphatic heterocycles. The Morgan fingerprint density at radius 1 is 0.722 bits per heavy atom. The molecule has 4 aromatic rings. The van der Waals surface area contributed by atoms with Crippen molar-refractivity contribution in [2.24, 2.45) is 0 Å². The topological polar surface area (TPSA) is 65.7 Å². The van der Waals surface area contributed by atoms with Gasteiger partial charge < -0.3 is 9.97 Å². The first-order valence-electron chi connectivity index (χ1n) is 11.9. The number of carbonyl (C=O) groups is 2. The zero-order valence-corrected chi connectivity index (χ0v) is 22.7. The van der Waals surface area contributed by atoms with E-state index in [-0.39, 0.29) is 32.0 Å². The second-order valence-corrected chi connectivity index (χ2v) is 12.1. The van der Waals surface area contributed by atoms with Crippen molar-refractivity contribution in [3.05, 3.63) is 81.1 Å². The Kier molecular flexibility index (Phi) is 5.62. The van der Waals surface area contributed by atoms with Crippen LogP contribution in [0.3, 0.4) is 0 Å². The summed E-state index contributed by atoms with van der Waals surface area (Å²) in [4.78, 5) is 34.4. The van der Waals surface area contributed by atoms with E-state index in [9.17, 15) is 9.59 Å². The quantitative estimate of drug-likeness (QED) is 0.264. The van der Waals surface area contributed by atoms with Gasteiger partial charge in [-0.1, -0.05) is 101 Å². The highest BCUT2D eigenvalue weighted by Crippen LogP contribution is 2.45. The van der Waals surface area contributed by atoms with Gasteiger partial charge in [-0.05, 0) is 17.0 Å². The van der Waals surface area contributed by atoms with Crippen LogP contribution in [0.15, 0.2) is 58.7 Å². The summed E-state index contributed by atoms with van der Waals surface area (Å²) in [6, 6.07) is 13.6. The summed E-state index contributed by atoms with van der Waals surface area (Å²) in [6.07, 6.45) is 1.74. The number of aromatic nitrogens is 2. The molecule has 0 bridgehead atoms. The zero-order valence-electron chi connectivity index (χ0n) is 21.2. The third kappa shape index (κ3) is 3.66. The number of para-hydroxylation sites is 2. The van der Waals surface area contributed by atoms with E-state index in [1.807, 2.05) is 57.2 Å². The monoisotopic (exact) mass is 518 g/mol. The predicted molar refractivity (Wildman–Crippen MR) is 150 cm³/mol. The number of halogens is 2. The number of allylic oxidation sites excluding steroid dienone is 4. The maximum absolute atomic E-state index is 13.9. The number of nitrogens with one attached hydrogen (secondary N) is 2. The molecule has 0 fully saturated rings. The first-order chi connectivity index (χ1) is 16.8. The van der Waals surface area contributed by atoms with Gasteiger partial charge in [0.1, 0.15) is 10.1 Å². The van der Waals surface area contributed by atoms with Crippen LogP contribution in [0.2, 0.25) is 0 Å². The van der Waals surface area contributed by atoms with E-state index < -0.39 is 11.6 Å². The normalized spacial score (nSPS) is 15.7. The summed E-state index contributed by atoms with van der Waals surface area (Å²) in [5, 5.41) is 1.42. The minimum Gasteiger partial charge on any atom is -0.360 e. The maximum atomic E-state index is 13.9. The molecule has 0 unspecified atom stereocenters. The van der Waals surface area contributed by atoms with E-state index in [2.05, 4.69) is 36.8 Å². The molecule has 5 rings (SSSR count). The Bertz CT molecular complexity index is 1650. The largest absolute Gasteiger partial charge is 0.360 e. The predicted octanol–water partition coefficient (Wildman–Crippen LogP) is 8.00. The van der Waals surface area contributed by atoms with Gasteiger partial charge in [0, 0.05) is 50.2 Å². The van der Waals surface area contributed by atoms with Gasteiger partial charge in [0.25, 0.3) is 0 Å². The molecule has 0 amide bonds. The van der Waals surface area contributed by atoms with E-state index in [0.717, 1.165) is 33.1 Å². The van der Waals surface area contributed by atoms with E-state index in [0.29, 0.717) is 11.1 Å². The van der Waals surface area contributed by atoms with Crippen molar-refractivity contribution in [2.45, 2.75) is 52.4 Å². The van der Waals surface area contributed by atoms with Crippen molar-refractivity contribution in [3.8, 4) is 0 Å². The van der Waals surface area contributed by atoms with Crippen LogP contribution in [0.4, 0.5) is 0 Å². The fraction of sp³-hybridized carbons (Fsp3) is 0.267. The molecule has 184 valence electrons. The SMILES string of the molecule is CC(C)(C)c1[nH]c2ccccc2c1C1=C(Cl)C(=O)C(c2c[nH]c3c(C(C)(C)C)cccc23)=C(Cl)C1=O. The minimum absolute atomic E-state index is 0.115. The molecule has 1 aliphatic carbocycles. The lowest BCUT2D eigenvalue weighted by Gasteiger charge is -2.23. The third-order valence-electron chi connectivity index (χ3n) is 6.79. The Labute approximate surface area is 220 Å². The highest BCUT2D eigenvalue weighted by atomic mass is 35.5. The molecule has 2 heterocycles. The molecular formula is C30H28Cl2N2O2. The number of fused-ring (bicyclic) bond motifs is 2. The average Bonchev–Trinajstić information content (AvgIpc) is 3.40.